The molecular formula is C11H21NO4S. The first-order chi connectivity index (χ1) is 7.76. The lowest BCUT2D eigenvalue weighted by Gasteiger charge is -2.20. The van der Waals surface area contributed by atoms with Crippen molar-refractivity contribution in [3.63, 3.8) is 0 Å². The highest BCUT2D eigenvalue weighted by molar-refractivity contribution is 7.98. The number of carbonyl (C=O) groups excluding carboxylic acids is 1. The Labute approximate surface area is 106 Å². The molecule has 1 amide bonds. The first kappa shape index (κ1) is 16.2. The number of rotatable bonds is 7. The van der Waals surface area contributed by atoms with Crippen molar-refractivity contribution in [2.24, 2.45) is 0 Å². The lowest BCUT2D eigenvalue weighted by atomic mass is 10.2. The van der Waals surface area contributed by atoms with Gasteiger partial charge in [0.2, 0.25) is 5.91 Å². The summed E-state index contributed by atoms with van der Waals surface area (Å²) in [5.74, 6) is -0.714. The van der Waals surface area contributed by atoms with Crippen molar-refractivity contribution >= 4 is 23.6 Å². The van der Waals surface area contributed by atoms with Crippen molar-refractivity contribution in [1.82, 2.24) is 5.32 Å². The summed E-state index contributed by atoms with van der Waals surface area (Å²) in [5, 5.41) is 11.4. The molecule has 0 aromatic rings. The molecule has 0 aliphatic carbocycles. The van der Waals surface area contributed by atoms with Gasteiger partial charge in [-0.3, -0.25) is 4.79 Å². The van der Waals surface area contributed by atoms with Gasteiger partial charge in [0.15, 0.2) is 0 Å². The van der Waals surface area contributed by atoms with Crippen molar-refractivity contribution in [2.45, 2.75) is 38.8 Å². The van der Waals surface area contributed by atoms with Gasteiger partial charge in [-0.1, -0.05) is 0 Å². The molecule has 0 rings (SSSR count). The molecule has 0 aliphatic rings. The molecule has 0 aromatic heterocycles. The predicted molar refractivity (Wildman–Crippen MR) is 68.3 cm³/mol. The van der Waals surface area contributed by atoms with Crippen LogP contribution in [-0.2, 0) is 14.3 Å². The Hall–Kier alpha value is -0.750. The Morgan fingerprint density at radius 2 is 2.00 bits per heavy atom. The zero-order valence-electron chi connectivity index (χ0n) is 10.8. The fraction of sp³-hybridized carbons (Fsp3) is 0.818. The maximum absolute atomic E-state index is 11.5. The zero-order chi connectivity index (χ0) is 13.5. The number of amides is 1. The smallest absolute Gasteiger partial charge is 0.326 e. The predicted octanol–water partition coefficient (Wildman–Crippen LogP) is 1.12. The summed E-state index contributed by atoms with van der Waals surface area (Å²) in [7, 11) is 0. The van der Waals surface area contributed by atoms with Crippen LogP contribution in [0.4, 0.5) is 0 Å². The number of carbonyl (C=O) groups is 2. The van der Waals surface area contributed by atoms with Crippen molar-refractivity contribution in [1.29, 1.82) is 0 Å². The van der Waals surface area contributed by atoms with E-state index in [0.29, 0.717) is 12.2 Å². The summed E-state index contributed by atoms with van der Waals surface area (Å²) < 4.78 is 5.27. The Morgan fingerprint density at radius 3 is 2.41 bits per heavy atom. The van der Waals surface area contributed by atoms with Gasteiger partial charge in [0.1, 0.15) is 12.6 Å². The molecule has 0 saturated carbocycles. The summed E-state index contributed by atoms with van der Waals surface area (Å²) in [6.07, 6.45) is 2.31. The molecule has 5 nitrogen and oxygen atoms in total. The van der Waals surface area contributed by atoms with E-state index in [1.165, 1.54) is 0 Å². The van der Waals surface area contributed by atoms with Gasteiger partial charge in [-0.15, -0.1) is 0 Å². The first-order valence-electron chi connectivity index (χ1n) is 5.41. The maximum Gasteiger partial charge on any atom is 0.326 e. The molecule has 0 bridgehead atoms. The van der Waals surface area contributed by atoms with Gasteiger partial charge in [-0.2, -0.15) is 11.8 Å². The van der Waals surface area contributed by atoms with Crippen molar-refractivity contribution in [2.75, 3.05) is 18.6 Å². The fourth-order valence-corrected chi connectivity index (χ4v) is 1.48. The van der Waals surface area contributed by atoms with Gasteiger partial charge in [0, 0.05) is 0 Å². The van der Waals surface area contributed by atoms with E-state index in [1.54, 1.807) is 11.8 Å². The van der Waals surface area contributed by atoms with Gasteiger partial charge >= 0.3 is 5.97 Å². The Balaban J connectivity index is 4.08. The molecule has 0 unspecified atom stereocenters. The molecule has 0 spiro atoms. The molecule has 17 heavy (non-hydrogen) atoms. The van der Waals surface area contributed by atoms with Crippen molar-refractivity contribution in [3.05, 3.63) is 0 Å². The van der Waals surface area contributed by atoms with Crippen molar-refractivity contribution < 1.29 is 19.4 Å². The quantitative estimate of drug-likeness (QED) is 0.720. The van der Waals surface area contributed by atoms with Gasteiger partial charge < -0.3 is 15.2 Å². The van der Waals surface area contributed by atoms with Crippen LogP contribution in [0.3, 0.4) is 0 Å². The zero-order valence-corrected chi connectivity index (χ0v) is 11.6. The average molecular weight is 263 g/mol. The Kier molecular flexibility index (Phi) is 7.22. The van der Waals surface area contributed by atoms with E-state index in [0.717, 1.165) is 0 Å². The van der Waals surface area contributed by atoms with Crippen LogP contribution >= 0.6 is 11.8 Å². The Bertz CT molecular complexity index is 263. The number of carboxylic acid groups (broad SMARTS) is 1. The summed E-state index contributed by atoms with van der Waals surface area (Å²) in [5.41, 5.74) is -0.407. The van der Waals surface area contributed by atoms with E-state index in [2.05, 4.69) is 5.32 Å². The third-order valence-electron chi connectivity index (χ3n) is 1.88. The third-order valence-corrected chi connectivity index (χ3v) is 2.52. The Morgan fingerprint density at radius 1 is 1.41 bits per heavy atom. The lowest BCUT2D eigenvalue weighted by molar-refractivity contribution is -0.143. The van der Waals surface area contributed by atoms with E-state index >= 15 is 0 Å². The normalized spacial score (nSPS) is 13.2. The molecular weight excluding hydrogens is 242 g/mol. The maximum atomic E-state index is 11.5. The highest BCUT2D eigenvalue weighted by Crippen LogP contribution is 2.06. The number of aliphatic carboxylic acids is 1. The first-order valence-corrected chi connectivity index (χ1v) is 6.80. The number of ether oxygens (including phenoxy) is 1. The summed E-state index contributed by atoms with van der Waals surface area (Å²) in [4.78, 5) is 22.3. The van der Waals surface area contributed by atoms with E-state index in [4.69, 9.17) is 9.84 Å². The van der Waals surface area contributed by atoms with Crippen LogP contribution in [0.1, 0.15) is 27.2 Å². The highest BCUT2D eigenvalue weighted by Gasteiger charge is 2.20. The second kappa shape index (κ2) is 7.55. The van der Waals surface area contributed by atoms with Crippen LogP contribution < -0.4 is 5.32 Å². The monoisotopic (exact) mass is 263 g/mol. The SMILES string of the molecule is CSCC[C@@H](NC(=O)COC(C)(C)C)C(=O)O. The molecule has 0 aliphatic heterocycles. The molecule has 1 atom stereocenters. The van der Waals surface area contributed by atoms with Gasteiger partial charge in [0.05, 0.1) is 5.60 Å². The van der Waals surface area contributed by atoms with Gasteiger partial charge in [-0.05, 0) is 39.2 Å². The largest absolute Gasteiger partial charge is 0.480 e. The van der Waals surface area contributed by atoms with Gasteiger partial charge in [-0.25, -0.2) is 4.79 Å². The number of nitrogens with one attached hydrogen (secondary N) is 1. The van der Waals surface area contributed by atoms with Crippen LogP contribution in [0.5, 0.6) is 0 Å². The minimum Gasteiger partial charge on any atom is -0.480 e. The molecule has 2 N–H and O–H groups in total. The van der Waals surface area contributed by atoms with E-state index < -0.39 is 23.5 Å². The third kappa shape index (κ3) is 9.00. The number of hydrogen-bond donors (Lipinski definition) is 2. The average Bonchev–Trinajstić information content (AvgIpc) is 2.19. The van der Waals surface area contributed by atoms with Crippen LogP contribution in [0.2, 0.25) is 0 Å². The topological polar surface area (TPSA) is 75.6 Å². The van der Waals surface area contributed by atoms with Crippen LogP contribution in [0.15, 0.2) is 0 Å². The second-order valence-electron chi connectivity index (χ2n) is 4.64. The van der Waals surface area contributed by atoms with Crippen molar-refractivity contribution in [3.8, 4) is 0 Å². The lowest BCUT2D eigenvalue weighted by Crippen LogP contribution is -2.43. The molecule has 0 fully saturated rings. The minimum atomic E-state index is -1.01. The van der Waals surface area contributed by atoms with E-state index in [1.807, 2.05) is 27.0 Å². The standard InChI is InChI=1S/C11H21NO4S/c1-11(2,3)16-7-9(13)12-8(10(14)15)5-6-17-4/h8H,5-7H2,1-4H3,(H,12,13)(H,14,15)/t8-/m1/s1. The van der Waals surface area contributed by atoms with Crippen LogP contribution in [-0.4, -0.2) is 47.2 Å². The van der Waals surface area contributed by atoms with Crippen LogP contribution in [0, 0.1) is 0 Å². The summed E-state index contributed by atoms with van der Waals surface area (Å²) >= 11 is 1.55. The molecule has 0 radical (unpaired) electrons. The number of thioether (sulfide) groups is 1. The summed E-state index contributed by atoms with van der Waals surface area (Å²) in [6.45, 7) is 5.39. The summed E-state index contributed by atoms with van der Waals surface area (Å²) in [6, 6.07) is -0.835. The molecule has 0 saturated heterocycles. The molecule has 100 valence electrons. The number of hydrogen-bond acceptors (Lipinski definition) is 4. The highest BCUT2D eigenvalue weighted by atomic mass is 32.2. The molecule has 6 heteroatoms. The fourth-order valence-electron chi connectivity index (χ4n) is 1.01. The van der Waals surface area contributed by atoms with E-state index in [-0.39, 0.29) is 6.61 Å². The van der Waals surface area contributed by atoms with Crippen LogP contribution in [0.25, 0.3) is 0 Å². The minimum absolute atomic E-state index is 0.119. The molecule has 0 heterocycles. The number of carboxylic acids is 1. The second-order valence-corrected chi connectivity index (χ2v) is 5.63. The molecule has 0 aromatic carbocycles. The van der Waals surface area contributed by atoms with E-state index in [9.17, 15) is 9.59 Å². The van der Waals surface area contributed by atoms with Gasteiger partial charge in [0.25, 0.3) is 0 Å².